The lowest BCUT2D eigenvalue weighted by atomic mass is 10.0. The van der Waals surface area contributed by atoms with Crippen LogP contribution in [0.1, 0.15) is 40.7 Å². The SMILES string of the molecule is COCCCn1cc(C(=O)c2cc(OC)ccc2OCC(=O)NC2CC2)cc(C#N)c1=O. The van der Waals surface area contributed by atoms with Gasteiger partial charge in [0.25, 0.3) is 11.5 Å². The Bertz CT molecular complexity index is 1100. The van der Waals surface area contributed by atoms with Gasteiger partial charge in [0.2, 0.25) is 0 Å². The molecule has 0 atom stereocenters. The van der Waals surface area contributed by atoms with Crippen LogP contribution in [0.25, 0.3) is 0 Å². The number of aryl methyl sites for hydroxylation is 1. The van der Waals surface area contributed by atoms with Crippen LogP contribution in [0.15, 0.2) is 35.3 Å². The van der Waals surface area contributed by atoms with Gasteiger partial charge in [0.05, 0.1) is 12.7 Å². The van der Waals surface area contributed by atoms with Gasteiger partial charge in [0.1, 0.15) is 23.1 Å². The minimum Gasteiger partial charge on any atom is -0.497 e. The van der Waals surface area contributed by atoms with Gasteiger partial charge in [0, 0.05) is 38.1 Å². The van der Waals surface area contributed by atoms with Crippen LogP contribution in [0.4, 0.5) is 0 Å². The molecule has 1 amide bonds. The van der Waals surface area contributed by atoms with E-state index in [1.54, 1.807) is 19.2 Å². The van der Waals surface area contributed by atoms with Crippen LogP contribution in [0.3, 0.4) is 0 Å². The monoisotopic (exact) mass is 439 g/mol. The molecule has 0 saturated heterocycles. The van der Waals surface area contributed by atoms with Crippen LogP contribution in [-0.4, -0.2) is 49.7 Å². The highest BCUT2D eigenvalue weighted by molar-refractivity contribution is 6.11. The summed E-state index contributed by atoms with van der Waals surface area (Å²) in [6, 6.07) is 7.99. The lowest BCUT2D eigenvalue weighted by molar-refractivity contribution is -0.123. The van der Waals surface area contributed by atoms with Crippen molar-refractivity contribution >= 4 is 11.7 Å². The fourth-order valence-corrected chi connectivity index (χ4v) is 3.12. The van der Waals surface area contributed by atoms with Gasteiger partial charge in [-0.1, -0.05) is 0 Å². The number of methoxy groups -OCH3 is 2. The molecule has 1 aliphatic carbocycles. The maximum absolute atomic E-state index is 13.3. The van der Waals surface area contributed by atoms with Crippen molar-refractivity contribution < 1.29 is 23.8 Å². The molecule has 0 bridgehead atoms. The van der Waals surface area contributed by atoms with Crippen LogP contribution in [0.2, 0.25) is 0 Å². The molecule has 1 N–H and O–H groups in total. The number of rotatable bonds is 11. The van der Waals surface area contributed by atoms with Gasteiger partial charge in [-0.05, 0) is 43.5 Å². The third-order valence-corrected chi connectivity index (χ3v) is 4.95. The van der Waals surface area contributed by atoms with Gasteiger partial charge < -0.3 is 24.1 Å². The minimum absolute atomic E-state index is 0.137. The number of carbonyl (C=O) groups excluding carboxylic acids is 2. The van der Waals surface area contributed by atoms with Gasteiger partial charge in [0.15, 0.2) is 12.4 Å². The summed E-state index contributed by atoms with van der Waals surface area (Å²) in [6.45, 7) is 0.498. The molecular formula is C23H25N3O6. The Morgan fingerprint density at radius 2 is 2.03 bits per heavy atom. The Labute approximate surface area is 185 Å². The number of hydrogen-bond donors (Lipinski definition) is 1. The molecule has 3 rings (SSSR count). The quantitative estimate of drug-likeness (QED) is 0.418. The molecule has 9 nitrogen and oxygen atoms in total. The highest BCUT2D eigenvalue weighted by atomic mass is 16.5. The largest absolute Gasteiger partial charge is 0.497 e. The highest BCUT2D eigenvalue weighted by Gasteiger charge is 2.24. The molecule has 1 fully saturated rings. The molecule has 168 valence electrons. The van der Waals surface area contributed by atoms with E-state index in [0.29, 0.717) is 25.3 Å². The molecule has 1 aromatic heterocycles. The Balaban J connectivity index is 1.91. The van der Waals surface area contributed by atoms with Gasteiger partial charge in [-0.2, -0.15) is 5.26 Å². The summed E-state index contributed by atoms with van der Waals surface area (Å²) in [7, 11) is 3.02. The van der Waals surface area contributed by atoms with E-state index in [2.05, 4.69) is 5.32 Å². The van der Waals surface area contributed by atoms with Gasteiger partial charge >= 0.3 is 0 Å². The van der Waals surface area contributed by atoms with Crippen LogP contribution >= 0.6 is 0 Å². The van der Waals surface area contributed by atoms with E-state index in [1.165, 1.54) is 30.0 Å². The molecule has 9 heteroatoms. The number of amides is 1. The first-order chi connectivity index (χ1) is 15.5. The van der Waals surface area contributed by atoms with E-state index >= 15 is 0 Å². The molecule has 0 radical (unpaired) electrons. The summed E-state index contributed by atoms with van der Waals surface area (Å²) in [6.07, 6.45) is 3.88. The number of carbonyl (C=O) groups is 2. The summed E-state index contributed by atoms with van der Waals surface area (Å²) in [4.78, 5) is 37.8. The third-order valence-electron chi connectivity index (χ3n) is 4.95. The number of benzene rings is 1. The number of aromatic nitrogens is 1. The van der Waals surface area contributed by atoms with E-state index in [-0.39, 0.29) is 41.0 Å². The van der Waals surface area contributed by atoms with E-state index in [1.807, 2.05) is 6.07 Å². The number of ketones is 1. The number of nitrogens with one attached hydrogen (secondary N) is 1. The van der Waals surface area contributed by atoms with Crippen LogP contribution < -0.4 is 20.3 Å². The van der Waals surface area contributed by atoms with Crippen molar-refractivity contribution in [3.8, 4) is 17.6 Å². The predicted molar refractivity (Wildman–Crippen MR) is 115 cm³/mol. The summed E-state index contributed by atoms with van der Waals surface area (Å²) in [5, 5.41) is 12.2. The molecule has 1 aliphatic rings. The summed E-state index contributed by atoms with van der Waals surface area (Å²) >= 11 is 0. The van der Waals surface area contributed by atoms with Crippen molar-refractivity contribution in [3.05, 3.63) is 57.5 Å². The molecule has 1 saturated carbocycles. The van der Waals surface area contributed by atoms with Gasteiger partial charge in [-0.15, -0.1) is 0 Å². The predicted octanol–water partition coefficient (Wildman–Crippen LogP) is 1.65. The topological polar surface area (TPSA) is 120 Å². The highest BCUT2D eigenvalue weighted by Crippen LogP contribution is 2.27. The number of nitriles is 1. The first kappa shape index (κ1) is 23.0. The van der Waals surface area contributed by atoms with Crippen LogP contribution in [0.5, 0.6) is 11.5 Å². The Morgan fingerprint density at radius 3 is 2.69 bits per heavy atom. The molecule has 2 aromatic rings. The number of pyridine rings is 1. The average Bonchev–Trinajstić information content (AvgIpc) is 3.62. The molecule has 0 spiro atoms. The smallest absolute Gasteiger partial charge is 0.268 e. The summed E-state index contributed by atoms with van der Waals surface area (Å²) in [5.74, 6) is -0.0897. The zero-order valence-corrected chi connectivity index (χ0v) is 18.1. The standard InChI is InChI=1S/C23H25N3O6/c1-30-9-3-8-26-13-16(10-15(12-24)23(26)29)22(28)19-11-18(31-2)6-7-20(19)32-14-21(27)25-17-4-5-17/h6-7,10-11,13,17H,3-5,8-9,14H2,1-2H3,(H,25,27). The minimum atomic E-state index is -0.473. The second kappa shape index (κ2) is 10.6. The molecule has 0 aliphatic heterocycles. The Kier molecular flexibility index (Phi) is 7.63. The van der Waals surface area contributed by atoms with Crippen molar-refractivity contribution in [1.82, 2.24) is 9.88 Å². The number of ether oxygens (including phenoxy) is 3. The van der Waals surface area contributed by atoms with Crippen molar-refractivity contribution in [2.45, 2.75) is 31.8 Å². The van der Waals surface area contributed by atoms with Crippen LogP contribution in [0, 0.1) is 11.3 Å². The molecule has 1 heterocycles. The first-order valence-electron chi connectivity index (χ1n) is 10.2. The van der Waals surface area contributed by atoms with E-state index in [0.717, 1.165) is 12.8 Å². The van der Waals surface area contributed by atoms with Crippen molar-refractivity contribution in [2.24, 2.45) is 0 Å². The fraction of sp³-hybridized carbons (Fsp3) is 0.391. The van der Waals surface area contributed by atoms with Gasteiger partial charge in [-0.3, -0.25) is 14.4 Å². The maximum atomic E-state index is 13.3. The Hall–Kier alpha value is -3.64. The lowest BCUT2D eigenvalue weighted by Crippen LogP contribution is -2.30. The Morgan fingerprint density at radius 1 is 1.25 bits per heavy atom. The maximum Gasteiger partial charge on any atom is 0.268 e. The summed E-state index contributed by atoms with van der Waals surface area (Å²) < 4.78 is 17.2. The van der Waals surface area contributed by atoms with Crippen molar-refractivity contribution in [1.29, 1.82) is 5.26 Å². The zero-order valence-electron chi connectivity index (χ0n) is 18.1. The molecule has 32 heavy (non-hydrogen) atoms. The van der Waals surface area contributed by atoms with Crippen molar-refractivity contribution in [3.63, 3.8) is 0 Å². The zero-order chi connectivity index (χ0) is 23.1. The number of hydrogen-bond acceptors (Lipinski definition) is 7. The normalized spacial score (nSPS) is 12.7. The third kappa shape index (κ3) is 5.74. The summed E-state index contributed by atoms with van der Waals surface area (Å²) in [5.41, 5.74) is -0.296. The van der Waals surface area contributed by atoms with E-state index in [9.17, 15) is 19.6 Å². The molecular weight excluding hydrogens is 414 g/mol. The average molecular weight is 439 g/mol. The second-order valence-electron chi connectivity index (χ2n) is 7.42. The first-order valence-corrected chi connectivity index (χ1v) is 10.2. The number of nitrogens with zero attached hydrogens (tertiary/aromatic N) is 2. The van der Waals surface area contributed by atoms with E-state index < -0.39 is 11.3 Å². The molecule has 0 unspecified atom stereocenters. The lowest BCUT2D eigenvalue weighted by Gasteiger charge is -2.14. The van der Waals surface area contributed by atoms with Crippen LogP contribution in [-0.2, 0) is 16.1 Å². The van der Waals surface area contributed by atoms with E-state index in [4.69, 9.17) is 14.2 Å². The molecule has 1 aromatic carbocycles. The second-order valence-corrected chi connectivity index (χ2v) is 7.42. The fourth-order valence-electron chi connectivity index (χ4n) is 3.12. The van der Waals surface area contributed by atoms with Crippen molar-refractivity contribution in [2.75, 3.05) is 27.4 Å². The van der Waals surface area contributed by atoms with Gasteiger partial charge in [-0.25, -0.2) is 0 Å².